The van der Waals surface area contributed by atoms with Gasteiger partial charge in [-0.2, -0.15) is 0 Å². The molecule has 29 heavy (non-hydrogen) atoms. The lowest BCUT2D eigenvalue weighted by Crippen LogP contribution is -2.51. The van der Waals surface area contributed by atoms with E-state index in [0.29, 0.717) is 30.4 Å². The average Bonchev–Trinajstić information content (AvgIpc) is 3.38. The molecule has 1 saturated heterocycles. The molecule has 1 aliphatic carbocycles. The van der Waals surface area contributed by atoms with Crippen molar-refractivity contribution in [2.24, 2.45) is 11.8 Å². The summed E-state index contributed by atoms with van der Waals surface area (Å²) in [6, 6.07) is 1.97. The van der Waals surface area contributed by atoms with Crippen molar-refractivity contribution in [1.29, 1.82) is 0 Å². The van der Waals surface area contributed by atoms with E-state index in [0.717, 1.165) is 25.7 Å². The van der Waals surface area contributed by atoms with Gasteiger partial charge in [-0.05, 0) is 24.8 Å². The lowest BCUT2D eigenvalue weighted by molar-refractivity contribution is -0.159. The van der Waals surface area contributed by atoms with Crippen molar-refractivity contribution in [3.8, 4) is 5.75 Å². The maximum absolute atomic E-state index is 13.2. The van der Waals surface area contributed by atoms with Crippen molar-refractivity contribution in [2.45, 2.75) is 44.6 Å². The van der Waals surface area contributed by atoms with E-state index < -0.39 is 17.9 Å². The molecule has 1 saturated carbocycles. The summed E-state index contributed by atoms with van der Waals surface area (Å²) < 4.78 is 0. The second-order valence-corrected chi connectivity index (χ2v) is 7.62. The standard InChI is InChI=1S/C19H27N5O5/c25-12-23(29)11-14(9-13-3-1-2-4-13)19(28)24-16(6-8-21-24)18(27)22-17-10-15(26)5-7-20-17/h5,7,10,12-14,16,21,29H,1-4,6,8-9,11H2,(H2,20,22,26,27)/t14-,16+/m1/s1. The van der Waals surface area contributed by atoms with E-state index in [1.165, 1.54) is 23.3 Å². The second-order valence-electron chi connectivity index (χ2n) is 7.62. The molecule has 1 aliphatic heterocycles. The number of carbonyl (C=O) groups excluding carboxylic acids is 3. The fraction of sp³-hybridized carbons (Fsp3) is 0.579. The number of hydrogen-bond acceptors (Lipinski definition) is 7. The van der Waals surface area contributed by atoms with Gasteiger partial charge >= 0.3 is 0 Å². The van der Waals surface area contributed by atoms with Crippen LogP contribution in [-0.4, -0.2) is 62.7 Å². The maximum atomic E-state index is 13.2. The summed E-state index contributed by atoms with van der Waals surface area (Å²) in [4.78, 5) is 40.7. The van der Waals surface area contributed by atoms with Crippen molar-refractivity contribution < 1.29 is 24.7 Å². The van der Waals surface area contributed by atoms with E-state index in [1.807, 2.05) is 0 Å². The van der Waals surface area contributed by atoms with Crippen LogP contribution in [0.2, 0.25) is 0 Å². The van der Waals surface area contributed by atoms with Crippen LogP contribution in [0.15, 0.2) is 18.3 Å². The van der Waals surface area contributed by atoms with Gasteiger partial charge in [0.15, 0.2) is 0 Å². The Kier molecular flexibility index (Phi) is 6.99. The highest BCUT2D eigenvalue weighted by molar-refractivity contribution is 5.97. The minimum Gasteiger partial charge on any atom is -0.508 e. The van der Waals surface area contributed by atoms with Gasteiger partial charge in [-0.1, -0.05) is 25.7 Å². The summed E-state index contributed by atoms with van der Waals surface area (Å²) >= 11 is 0. The number of pyridine rings is 1. The Labute approximate surface area is 168 Å². The quantitative estimate of drug-likeness (QED) is 0.286. The number of hydrazine groups is 1. The molecule has 158 valence electrons. The van der Waals surface area contributed by atoms with Gasteiger partial charge < -0.3 is 10.4 Å². The first-order chi connectivity index (χ1) is 14.0. The Bertz CT molecular complexity index is 739. The first kappa shape index (κ1) is 21.0. The molecule has 2 atom stereocenters. The lowest BCUT2D eigenvalue weighted by Gasteiger charge is -2.29. The Morgan fingerprint density at radius 2 is 2.14 bits per heavy atom. The second kappa shape index (κ2) is 9.66. The molecule has 0 unspecified atom stereocenters. The topological polar surface area (TPSA) is 135 Å². The summed E-state index contributed by atoms with van der Waals surface area (Å²) in [5.41, 5.74) is 2.95. The van der Waals surface area contributed by atoms with E-state index in [9.17, 15) is 24.7 Å². The zero-order valence-electron chi connectivity index (χ0n) is 16.2. The summed E-state index contributed by atoms with van der Waals surface area (Å²) in [5.74, 6) is -0.805. The molecule has 1 aromatic rings. The Morgan fingerprint density at radius 3 is 2.83 bits per heavy atom. The number of aromatic hydroxyl groups is 1. The van der Waals surface area contributed by atoms with Crippen LogP contribution in [-0.2, 0) is 14.4 Å². The number of anilines is 1. The van der Waals surface area contributed by atoms with E-state index in [-0.39, 0.29) is 30.4 Å². The van der Waals surface area contributed by atoms with E-state index >= 15 is 0 Å². The number of rotatable bonds is 8. The molecule has 0 radical (unpaired) electrons. The third-order valence-corrected chi connectivity index (χ3v) is 5.52. The van der Waals surface area contributed by atoms with Gasteiger partial charge in [-0.15, -0.1) is 0 Å². The predicted octanol–water partition coefficient (Wildman–Crippen LogP) is 0.875. The third kappa shape index (κ3) is 5.42. The number of nitrogens with zero attached hydrogens (tertiary/aromatic N) is 3. The maximum Gasteiger partial charge on any atom is 0.250 e. The summed E-state index contributed by atoms with van der Waals surface area (Å²) in [5, 5.41) is 23.6. The highest BCUT2D eigenvalue weighted by Gasteiger charge is 2.39. The molecular formula is C19H27N5O5. The molecule has 0 spiro atoms. The Hall–Kier alpha value is -2.72. The minimum absolute atomic E-state index is 0.0266. The van der Waals surface area contributed by atoms with Crippen LogP contribution in [0.5, 0.6) is 5.75 Å². The van der Waals surface area contributed by atoms with Gasteiger partial charge in [0.1, 0.15) is 17.6 Å². The van der Waals surface area contributed by atoms with Crippen molar-refractivity contribution in [3.05, 3.63) is 18.3 Å². The normalized spacial score (nSPS) is 20.4. The van der Waals surface area contributed by atoms with Gasteiger partial charge in [0.25, 0.3) is 0 Å². The Morgan fingerprint density at radius 1 is 1.38 bits per heavy atom. The fourth-order valence-corrected chi connectivity index (χ4v) is 4.11. The summed E-state index contributed by atoms with van der Waals surface area (Å²) in [6.45, 7) is 0.337. The van der Waals surface area contributed by atoms with Crippen LogP contribution >= 0.6 is 0 Å². The summed E-state index contributed by atoms with van der Waals surface area (Å²) in [6.07, 6.45) is 6.91. The van der Waals surface area contributed by atoms with E-state index in [1.54, 1.807) is 0 Å². The number of hydroxylamine groups is 2. The van der Waals surface area contributed by atoms with Crippen molar-refractivity contribution in [1.82, 2.24) is 20.5 Å². The zero-order valence-corrected chi connectivity index (χ0v) is 16.2. The number of amides is 3. The largest absolute Gasteiger partial charge is 0.508 e. The van der Waals surface area contributed by atoms with Gasteiger partial charge in [-0.25, -0.2) is 15.5 Å². The van der Waals surface area contributed by atoms with Crippen molar-refractivity contribution in [3.63, 3.8) is 0 Å². The van der Waals surface area contributed by atoms with Gasteiger partial charge in [0.05, 0.1) is 12.5 Å². The van der Waals surface area contributed by atoms with Gasteiger partial charge in [0, 0.05) is 18.8 Å². The monoisotopic (exact) mass is 405 g/mol. The number of hydrogen-bond donors (Lipinski definition) is 4. The molecular weight excluding hydrogens is 378 g/mol. The van der Waals surface area contributed by atoms with Gasteiger partial charge in [0.2, 0.25) is 18.2 Å². The zero-order chi connectivity index (χ0) is 20.8. The predicted molar refractivity (Wildman–Crippen MR) is 102 cm³/mol. The van der Waals surface area contributed by atoms with Gasteiger partial charge in [-0.3, -0.25) is 24.6 Å². The molecule has 10 nitrogen and oxygen atoms in total. The first-order valence-corrected chi connectivity index (χ1v) is 9.91. The molecule has 3 amide bonds. The highest BCUT2D eigenvalue weighted by Crippen LogP contribution is 2.31. The van der Waals surface area contributed by atoms with Crippen molar-refractivity contribution in [2.75, 3.05) is 18.4 Å². The number of aromatic nitrogens is 1. The summed E-state index contributed by atoms with van der Waals surface area (Å²) in [7, 11) is 0. The first-order valence-electron chi connectivity index (χ1n) is 9.91. The lowest BCUT2D eigenvalue weighted by atomic mass is 9.92. The average molecular weight is 405 g/mol. The molecule has 0 aromatic carbocycles. The fourth-order valence-electron chi connectivity index (χ4n) is 4.11. The number of carbonyl (C=O) groups is 3. The van der Waals surface area contributed by atoms with E-state index in [4.69, 9.17) is 0 Å². The molecule has 4 N–H and O–H groups in total. The van der Waals surface area contributed by atoms with Crippen LogP contribution in [0, 0.1) is 11.8 Å². The molecule has 3 rings (SSSR count). The minimum atomic E-state index is -0.749. The third-order valence-electron chi connectivity index (χ3n) is 5.52. The van der Waals surface area contributed by atoms with Crippen molar-refractivity contribution >= 4 is 24.0 Å². The Balaban J connectivity index is 1.69. The number of nitrogens with one attached hydrogen (secondary N) is 2. The molecule has 10 heteroatoms. The van der Waals surface area contributed by atoms with Crippen LogP contribution in [0.4, 0.5) is 5.82 Å². The SMILES string of the molecule is O=CN(O)C[C@@H](CC1CCCC1)C(=O)N1NCC[C@H]1C(=O)Nc1cc(O)ccn1. The smallest absolute Gasteiger partial charge is 0.250 e. The molecule has 0 bridgehead atoms. The highest BCUT2D eigenvalue weighted by atomic mass is 16.5. The van der Waals surface area contributed by atoms with Crippen LogP contribution in [0.1, 0.15) is 38.5 Å². The molecule has 1 aromatic heterocycles. The molecule has 2 fully saturated rings. The van der Waals surface area contributed by atoms with Crippen LogP contribution < -0.4 is 10.7 Å². The van der Waals surface area contributed by atoms with E-state index in [2.05, 4.69) is 15.7 Å². The molecule has 2 aliphatic rings. The van der Waals surface area contributed by atoms with Crippen LogP contribution in [0.3, 0.4) is 0 Å². The molecule has 2 heterocycles. The van der Waals surface area contributed by atoms with Crippen LogP contribution in [0.25, 0.3) is 0 Å².